The van der Waals surface area contributed by atoms with Gasteiger partial charge in [0.15, 0.2) is 23.0 Å². The number of nitrogens with two attached hydrogens (primary N) is 1. The van der Waals surface area contributed by atoms with Crippen LogP contribution in [0.5, 0.6) is 46.3 Å². The Bertz CT molecular complexity index is 1760. The normalized spacial score (nSPS) is 10.6. The number of ether oxygens (including phenoxy) is 4. The van der Waals surface area contributed by atoms with Gasteiger partial charge in [-0.05, 0) is 61.5 Å². The standard InChI is InChI=1S/C30H26F2N4O8/c1-4-41-30(40)17-9-11-21(20(38)13-17)43-25-23(31)27(42-18-7-5-6-16(12-18)29(39)36(2)3)35-28(24(25)32)44-22-14-15(26(33)34)8-10-19(22)37/h5-14,37-38H,4H2,1-3H3,(H3,33,34). The molecule has 4 aromatic rings. The van der Waals surface area contributed by atoms with Crippen molar-refractivity contribution in [2.45, 2.75) is 6.92 Å². The highest BCUT2D eigenvalue weighted by molar-refractivity contribution is 5.95. The highest BCUT2D eigenvalue weighted by atomic mass is 19.1. The molecular weight excluding hydrogens is 582 g/mol. The van der Waals surface area contributed by atoms with Gasteiger partial charge in [-0.25, -0.2) is 4.79 Å². The molecule has 4 rings (SSSR count). The van der Waals surface area contributed by atoms with Crippen LogP contribution in [0.4, 0.5) is 8.78 Å². The molecule has 0 fully saturated rings. The summed E-state index contributed by atoms with van der Waals surface area (Å²) >= 11 is 0. The number of amides is 1. The maximum absolute atomic E-state index is 15.8. The summed E-state index contributed by atoms with van der Waals surface area (Å²) in [4.78, 5) is 29.5. The second kappa shape index (κ2) is 12.9. The summed E-state index contributed by atoms with van der Waals surface area (Å²) in [5.74, 6) is -9.47. The minimum Gasteiger partial charge on any atom is -0.504 e. The van der Waals surface area contributed by atoms with Gasteiger partial charge in [-0.2, -0.15) is 13.8 Å². The largest absolute Gasteiger partial charge is 0.504 e. The molecule has 0 atom stereocenters. The lowest BCUT2D eigenvalue weighted by Gasteiger charge is -2.16. The van der Waals surface area contributed by atoms with Crippen LogP contribution in [0.15, 0.2) is 60.7 Å². The molecule has 0 aliphatic rings. The number of amidine groups is 1. The molecule has 1 aromatic heterocycles. The zero-order valence-corrected chi connectivity index (χ0v) is 23.6. The van der Waals surface area contributed by atoms with Gasteiger partial charge >= 0.3 is 5.97 Å². The van der Waals surface area contributed by atoms with Gasteiger partial charge in [0, 0.05) is 25.2 Å². The van der Waals surface area contributed by atoms with E-state index < -0.39 is 58.1 Å². The van der Waals surface area contributed by atoms with Gasteiger partial charge in [0.25, 0.3) is 17.7 Å². The summed E-state index contributed by atoms with van der Waals surface area (Å²) in [6.45, 7) is 1.67. The Morgan fingerprint density at radius 2 is 1.55 bits per heavy atom. The van der Waals surface area contributed by atoms with E-state index in [1.54, 1.807) is 6.92 Å². The van der Waals surface area contributed by atoms with Crippen LogP contribution in [0, 0.1) is 17.0 Å². The minimum absolute atomic E-state index is 0.0478. The molecule has 1 amide bonds. The van der Waals surface area contributed by atoms with Crippen LogP contribution < -0.4 is 19.9 Å². The molecule has 0 saturated carbocycles. The van der Waals surface area contributed by atoms with Crippen LogP contribution in [0.2, 0.25) is 0 Å². The molecule has 0 bridgehead atoms. The number of carbonyl (C=O) groups excluding carboxylic acids is 2. The van der Waals surface area contributed by atoms with Crippen molar-refractivity contribution in [3.63, 3.8) is 0 Å². The third kappa shape index (κ3) is 6.75. The monoisotopic (exact) mass is 608 g/mol. The highest BCUT2D eigenvalue weighted by Gasteiger charge is 2.28. The number of carbonyl (C=O) groups is 2. The van der Waals surface area contributed by atoms with Gasteiger partial charge in [-0.1, -0.05) is 6.07 Å². The molecule has 3 aromatic carbocycles. The Labute approximate surface area is 249 Å². The maximum atomic E-state index is 15.8. The second-order valence-corrected chi connectivity index (χ2v) is 9.21. The van der Waals surface area contributed by atoms with Crippen molar-refractivity contribution < 1.29 is 47.5 Å². The number of pyridine rings is 1. The predicted octanol–water partition coefficient (Wildman–Crippen LogP) is 5.31. The summed E-state index contributed by atoms with van der Waals surface area (Å²) < 4.78 is 52.8. The van der Waals surface area contributed by atoms with Crippen LogP contribution in [-0.2, 0) is 4.74 Å². The van der Waals surface area contributed by atoms with E-state index in [0.29, 0.717) is 0 Å². The first-order valence-corrected chi connectivity index (χ1v) is 12.8. The van der Waals surface area contributed by atoms with Crippen LogP contribution in [0.3, 0.4) is 0 Å². The van der Waals surface area contributed by atoms with Gasteiger partial charge in [-0.15, -0.1) is 0 Å². The van der Waals surface area contributed by atoms with E-state index in [4.69, 9.17) is 30.1 Å². The third-order valence-corrected chi connectivity index (χ3v) is 5.84. The summed E-state index contributed by atoms with van der Waals surface area (Å²) in [5.41, 5.74) is 5.76. The number of aromatic nitrogens is 1. The molecule has 0 aliphatic heterocycles. The van der Waals surface area contributed by atoms with E-state index >= 15 is 8.78 Å². The maximum Gasteiger partial charge on any atom is 0.338 e. The lowest BCUT2D eigenvalue weighted by Crippen LogP contribution is -2.21. The van der Waals surface area contributed by atoms with E-state index in [-0.39, 0.29) is 40.8 Å². The number of nitrogen functional groups attached to an aromatic ring is 1. The van der Waals surface area contributed by atoms with Gasteiger partial charge in [0.05, 0.1) is 12.2 Å². The molecule has 5 N–H and O–H groups in total. The Balaban J connectivity index is 1.81. The number of benzene rings is 3. The van der Waals surface area contributed by atoms with Crippen molar-refractivity contribution in [1.82, 2.24) is 9.88 Å². The lowest BCUT2D eigenvalue weighted by molar-refractivity contribution is 0.0525. The molecule has 44 heavy (non-hydrogen) atoms. The zero-order valence-electron chi connectivity index (χ0n) is 23.6. The topological polar surface area (TPSA) is 178 Å². The molecule has 0 radical (unpaired) electrons. The first-order chi connectivity index (χ1) is 20.9. The summed E-state index contributed by atoms with van der Waals surface area (Å²) in [7, 11) is 3.07. The van der Waals surface area contributed by atoms with Gasteiger partial charge in [0.2, 0.25) is 17.4 Å². The third-order valence-electron chi connectivity index (χ3n) is 5.84. The van der Waals surface area contributed by atoms with Gasteiger partial charge in [-0.3, -0.25) is 10.2 Å². The number of esters is 1. The smallest absolute Gasteiger partial charge is 0.338 e. The Hall–Kier alpha value is -5.92. The van der Waals surface area contributed by atoms with Crippen LogP contribution >= 0.6 is 0 Å². The van der Waals surface area contributed by atoms with E-state index in [0.717, 1.165) is 24.3 Å². The number of phenolic OH excluding ortho intramolecular Hbond substituents is 2. The average molecular weight is 609 g/mol. The second-order valence-electron chi connectivity index (χ2n) is 9.21. The minimum atomic E-state index is -1.51. The molecule has 1 heterocycles. The van der Waals surface area contributed by atoms with Crippen molar-refractivity contribution in [3.05, 3.63) is 89.0 Å². The van der Waals surface area contributed by atoms with Crippen molar-refractivity contribution in [2.75, 3.05) is 20.7 Å². The molecule has 228 valence electrons. The number of rotatable bonds is 10. The number of nitrogens with zero attached hydrogens (tertiary/aromatic N) is 2. The van der Waals surface area contributed by atoms with E-state index in [1.165, 1.54) is 55.4 Å². The quantitative estimate of drug-likeness (QED) is 0.105. The Kier molecular flexibility index (Phi) is 9.12. The zero-order chi connectivity index (χ0) is 32.1. The first-order valence-electron chi connectivity index (χ1n) is 12.8. The van der Waals surface area contributed by atoms with Crippen LogP contribution in [0.25, 0.3) is 0 Å². The van der Waals surface area contributed by atoms with Crippen molar-refractivity contribution in [3.8, 4) is 46.3 Å². The number of phenols is 2. The van der Waals surface area contributed by atoms with E-state index in [9.17, 15) is 19.8 Å². The van der Waals surface area contributed by atoms with E-state index in [2.05, 4.69) is 4.98 Å². The summed E-state index contributed by atoms with van der Waals surface area (Å²) in [5, 5.41) is 28.3. The summed E-state index contributed by atoms with van der Waals surface area (Å²) in [6.07, 6.45) is 0. The fourth-order valence-electron chi connectivity index (χ4n) is 3.69. The number of halogens is 2. The molecule has 0 spiro atoms. The molecule has 0 aliphatic carbocycles. The molecule has 12 nitrogen and oxygen atoms in total. The molecule has 0 saturated heterocycles. The van der Waals surface area contributed by atoms with Gasteiger partial charge in [0.1, 0.15) is 11.6 Å². The Morgan fingerprint density at radius 1 is 0.864 bits per heavy atom. The summed E-state index contributed by atoms with van der Waals surface area (Å²) in [6, 6.07) is 12.5. The van der Waals surface area contributed by atoms with E-state index in [1.807, 2.05) is 0 Å². The molecule has 0 unspecified atom stereocenters. The predicted molar refractivity (Wildman–Crippen MR) is 152 cm³/mol. The van der Waals surface area contributed by atoms with Crippen LogP contribution in [0.1, 0.15) is 33.2 Å². The fourth-order valence-corrected chi connectivity index (χ4v) is 3.69. The van der Waals surface area contributed by atoms with Crippen molar-refractivity contribution in [1.29, 1.82) is 5.41 Å². The van der Waals surface area contributed by atoms with Crippen molar-refractivity contribution >= 4 is 17.7 Å². The SMILES string of the molecule is CCOC(=O)c1ccc(Oc2c(F)c(Oc3cccc(C(=O)N(C)C)c3)nc(Oc3cc(C(=N)N)ccc3O)c2F)c(O)c1. The van der Waals surface area contributed by atoms with Crippen LogP contribution in [-0.4, -0.2) is 58.5 Å². The number of hydrogen-bond acceptors (Lipinski definition) is 10. The lowest BCUT2D eigenvalue weighted by atomic mass is 10.2. The highest BCUT2D eigenvalue weighted by Crippen LogP contribution is 2.42. The Morgan fingerprint density at radius 3 is 2.18 bits per heavy atom. The average Bonchev–Trinajstić information content (AvgIpc) is 2.99. The fraction of sp³-hybridized carbons (Fsp3) is 0.133. The number of nitrogens with one attached hydrogen (secondary N) is 1. The number of aromatic hydroxyl groups is 2. The molecule has 14 heteroatoms. The molecular formula is C30H26F2N4O8. The van der Waals surface area contributed by atoms with Crippen molar-refractivity contribution in [2.24, 2.45) is 5.73 Å². The number of hydrogen-bond donors (Lipinski definition) is 4. The first kappa shape index (κ1) is 31.0. The van der Waals surface area contributed by atoms with Gasteiger partial charge < -0.3 is 39.8 Å².